The van der Waals surface area contributed by atoms with Gasteiger partial charge in [-0.1, -0.05) is 6.07 Å². The third-order valence-corrected chi connectivity index (χ3v) is 2.83. The van der Waals surface area contributed by atoms with Gasteiger partial charge >= 0.3 is 5.97 Å². The Kier molecular flexibility index (Phi) is 2.59. The van der Waals surface area contributed by atoms with E-state index in [-0.39, 0.29) is 11.3 Å². The fourth-order valence-corrected chi connectivity index (χ4v) is 1.67. The number of hydrogen-bond donors (Lipinski definition) is 2. The molecular formula is C12H14O4. The number of benzene rings is 1. The zero-order valence-corrected chi connectivity index (χ0v) is 9.06. The molecular weight excluding hydrogens is 208 g/mol. The molecule has 1 aromatic carbocycles. The highest BCUT2D eigenvalue weighted by Gasteiger charge is 2.40. The SMILES string of the molecule is COC(=O)c1cc(CC2(O)CC2)ccc1O. The van der Waals surface area contributed by atoms with Gasteiger partial charge in [-0.3, -0.25) is 0 Å². The van der Waals surface area contributed by atoms with Crippen molar-refractivity contribution in [1.82, 2.24) is 0 Å². The van der Waals surface area contributed by atoms with Crippen molar-refractivity contribution >= 4 is 5.97 Å². The van der Waals surface area contributed by atoms with Gasteiger partial charge in [-0.25, -0.2) is 4.79 Å². The molecule has 0 amide bonds. The average Bonchev–Trinajstić information content (AvgIpc) is 2.98. The van der Waals surface area contributed by atoms with Crippen molar-refractivity contribution in [2.45, 2.75) is 24.9 Å². The van der Waals surface area contributed by atoms with Crippen LogP contribution in [-0.4, -0.2) is 28.9 Å². The van der Waals surface area contributed by atoms with Crippen LogP contribution in [0.2, 0.25) is 0 Å². The molecule has 16 heavy (non-hydrogen) atoms. The molecule has 0 aromatic heterocycles. The summed E-state index contributed by atoms with van der Waals surface area (Å²) in [7, 11) is 1.27. The zero-order chi connectivity index (χ0) is 11.8. The topological polar surface area (TPSA) is 66.8 Å². The minimum atomic E-state index is -0.607. The molecule has 2 rings (SSSR count). The molecule has 1 aliphatic rings. The molecule has 1 fully saturated rings. The number of ether oxygens (including phenoxy) is 1. The highest BCUT2D eigenvalue weighted by atomic mass is 16.5. The number of carbonyl (C=O) groups excluding carboxylic acids is 1. The van der Waals surface area contributed by atoms with Crippen LogP contribution in [0.15, 0.2) is 18.2 Å². The summed E-state index contributed by atoms with van der Waals surface area (Å²) in [4.78, 5) is 11.3. The summed E-state index contributed by atoms with van der Waals surface area (Å²) in [6.45, 7) is 0. The summed E-state index contributed by atoms with van der Waals surface area (Å²) in [5, 5.41) is 19.2. The van der Waals surface area contributed by atoms with Gasteiger partial charge in [0, 0.05) is 6.42 Å². The number of phenolic OH excluding ortho intramolecular Hbond substituents is 1. The van der Waals surface area contributed by atoms with Crippen LogP contribution in [0.3, 0.4) is 0 Å². The van der Waals surface area contributed by atoms with E-state index in [4.69, 9.17) is 0 Å². The minimum Gasteiger partial charge on any atom is -0.507 e. The highest BCUT2D eigenvalue weighted by molar-refractivity contribution is 5.92. The van der Waals surface area contributed by atoms with Crippen molar-refractivity contribution in [1.29, 1.82) is 0 Å². The summed E-state index contributed by atoms with van der Waals surface area (Å²) in [6.07, 6.45) is 2.10. The van der Waals surface area contributed by atoms with E-state index in [9.17, 15) is 15.0 Å². The van der Waals surface area contributed by atoms with Crippen LogP contribution >= 0.6 is 0 Å². The number of phenols is 1. The van der Waals surface area contributed by atoms with Gasteiger partial charge in [0.25, 0.3) is 0 Å². The molecule has 0 bridgehead atoms. The van der Waals surface area contributed by atoms with Crippen molar-refractivity contribution < 1.29 is 19.7 Å². The molecule has 4 nitrogen and oxygen atoms in total. The first-order valence-electron chi connectivity index (χ1n) is 5.17. The third-order valence-electron chi connectivity index (χ3n) is 2.83. The van der Waals surface area contributed by atoms with E-state index in [0.717, 1.165) is 18.4 Å². The van der Waals surface area contributed by atoms with Crippen LogP contribution in [0, 0.1) is 0 Å². The van der Waals surface area contributed by atoms with Gasteiger partial charge in [0.05, 0.1) is 12.7 Å². The maximum atomic E-state index is 11.3. The van der Waals surface area contributed by atoms with Gasteiger partial charge < -0.3 is 14.9 Å². The molecule has 1 aromatic rings. The summed E-state index contributed by atoms with van der Waals surface area (Å²) in [5.41, 5.74) is 0.368. The lowest BCUT2D eigenvalue weighted by Gasteiger charge is -2.09. The van der Waals surface area contributed by atoms with Gasteiger partial charge in [0.15, 0.2) is 0 Å². The van der Waals surface area contributed by atoms with Gasteiger partial charge in [-0.15, -0.1) is 0 Å². The number of carbonyl (C=O) groups is 1. The van der Waals surface area contributed by atoms with Crippen molar-refractivity contribution in [3.05, 3.63) is 29.3 Å². The Balaban J connectivity index is 2.24. The molecule has 0 unspecified atom stereocenters. The van der Waals surface area contributed by atoms with Crippen molar-refractivity contribution in [3.8, 4) is 5.75 Å². The molecule has 0 spiro atoms. The summed E-state index contributed by atoms with van der Waals surface area (Å²) in [5.74, 6) is -0.666. The van der Waals surface area contributed by atoms with E-state index in [1.54, 1.807) is 12.1 Å². The first-order valence-corrected chi connectivity index (χ1v) is 5.17. The number of methoxy groups -OCH3 is 1. The van der Waals surface area contributed by atoms with Crippen molar-refractivity contribution in [2.24, 2.45) is 0 Å². The molecule has 0 saturated heterocycles. The van der Waals surface area contributed by atoms with Crippen molar-refractivity contribution in [3.63, 3.8) is 0 Å². The second-order valence-corrected chi connectivity index (χ2v) is 4.24. The molecule has 0 atom stereocenters. The van der Waals surface area contributed by atoms with Gasteiger partial charge in [0.1, 0.15) is 11.3 Å². The maximum absolute atomic E-state index is 11.3. The van der Waals surface area contributed by atoms with Crippen LogP contribution < -0.4 is 0 Å². The Morgan fingerprint density at radius 2 is 2.19 bits per heavy atom. The number of rotatable bonds is 3. The lowest BCUT2D eigenvalue weighted by atomic mass is 10.0. The van der Waals surface area contributed by atoms with E-state index in [0.29, 0.717) is 6.42 Å². The second kappa shape index (κ2) is 3.79. The fraction of sp³-hybridized carbons (Fsp3) is 0.417. The Hall–Kier alpha value is -1.55. The van der Waals surface area contributed by atoms with Crippen LogP contribution in [0.25, 0.3) is 0 Å². The Morgan fingerprint density at radius 1 is 1.50 bits per heavy atom. The van der Waals surface area contributed by atoms with Gasteiger partial charge in [-0.2, -0.15) is 0 Å². The quantitative estimate of drug-likeness (QED) is 0.755. The van der Waals surface area contributed by atoms with E-state index in [2.05, 4.69) is 4.74 Å². The lowest BCUT2D eigenvalue weighted by molar-refractivity contribution is 0.0597. The Morgan fingerprint density at radius 3 is 2.75 bits per heavy atom. The third kappa shape index (κ3) is 2.17. The predicted molar refractivity (Wildman–Crippen MR) is 57.3 cm³/mol. The van der Waals surface area contributed by atoms with E-state index < -0.39 is 11.6 Å². The van der Waals surface area contributed by atoms with Gasteiger partial charge in [0.2, 0.25) is 0 Å². The Labute approximate surface area is 93.5 Å². The first kappa shape index (κ1) is 11.0. The largest absolute Gasteiger partial charge is 0.507 e. The second-order valence-electron chi connectivity index (χ2n) is 4.24. The molecule has 1 saturated carbocycles. The first-order chi connectivity index (χ1) is 7.54. The molecule has 0 aliphatic heterocycles. The molecule has 2 N–H and O–H groups in total. The molecule has 1 aliphatic carbocycles. The smallest absolute Gasteiger partial charge is 0.341 e. The van der Waals surface area contributed by atoms with Crippen molar-refractivity contribution in [2.75, 3.05) is 7.11 Å². The van der Waals surface area contributed by atoms with E-state index in [1.165, 1.54) is 13.2 Å². The number of aromatic hydroxyl groups is 1. The molecule has 0 heterocycles. The normalized spacial score (nSPS) is 16.9. The minimum absolute atomic E-state index is 0.0987. The van der Waals surface area contributed by atoms with Crippen LogP contribution in [-0.2, 0) is 11.2 Å². The Bertz CT molecular complexity index is 421. The summed E-state index contributed by atoms with van der Waals surface area (Å²) in [6, 6.07) is 4.73. The number of aliphatic hydroxyl groups is 1. The molecule has 0 radical (unpaired) electrons. The van der Waals surface area contributed by atoms with Crippen LogP contribution in [0.1, 0.15) is 28.8 Å². The standard InChI is InChI=1S/C12H14O4/c1-16-11(14)9-6-8(2-3-10(9)13)7-12(15)4-5-12/h2-3,6,13,15H,4-5,7H2,1H3. The maximum Gasteiger partial charge on any atom is 0.341 e. The van der Waals surface area contributed by atoms with Crippen LogP contribution in [0.4, 0.5) is 0 Å². The van der Waals surface area contributed by atoms with E-state index >= 15 is 0 Å². The number of esters is 1. The lowest BCUT2D eigenvalue weighted by Crippen LogP contribution is -2.11. The predicted octanol–water partition coefficient (Wildman–Crippen LogP) is 1.25. The fourth-order valence-electron chi connectivity index (χ4n) is 1.67. The molecule has 86 valence electrons. The summed E-state index contributed by atoms with van der Waals surface area (Å²) < 4.78 is 4.56. The molecule has 4 heteroatoms. The average molecular weight is 222 g/mol. The number of hydrogen-bond acceptors (Lipinski definition) is 4. The summed E-state index contributed by atoms with van der Waals surface area (Å²) >= 11 is 0. The monoisotopic (exact) mass is 222 g/mol. The van der Waals surface area contributed by atoms with Gasteiger partial charge in [-0.05, 0) is 30.5 Å². The van der Waals surface area contributed by atoms with E-state index in [1.807, 2.05) is 0 Å². The van der Waals surface area contributed by atoms with Crippen LogP contribution in [0.5, 0.6) is 5.75 Å². The highest BCUT2D eigenvalue weighted by Crippen LogP contribution is 2.38. The zero-order valence-electron chi connectivity index (χ0n) is 9.06.